The van der Waals surface area contributed by atoms with Crippen molar-refractivity contribution in [1.29, 1.82) is 0 Å². The summed E-state index contributed by atoms with van der Waals surface area (Å²) in [6.45, 7) is 2.36. The summed E-state index contributed by atoms with van der Waals surface area (Å²) in [6, 6.07) is 15.4. The lowest BCUT2D eigenvalue weighted by Gasteiger charge is -2.10. The van der Waals surface area contributed by atoms with Crippen molar-refractivity contribution in [2.45, 2.75) is 13.5 Å². The van der Waals surface area contributed by atoms with Crippen molar-refractivity contribution in [2.24, 2.45) is 0 Å². The minimum atomic E-state index is -0.254. The molecular formula is C19H19N3O2S2. The molecule has 3 rings (SSSR count). The summed E-state index contributed by atoms with van der Waals surface area (Å²) in [7, 11) is 1.60. The van der Waals surface area contributed by atoms with Crippen molar-refractivity contribution >= 4 is 35.3 Å². The highest BCUT2D eigenvalue weighted by molar-refractivity contribution is 7.73. The Morgan fingerprint density at radius 2 is 1.92 bits per heavy atom. The summed E-state index contributed by atoms with van der Waals surface area (Å²) < 4.78 is 7.56. The van der Waals surface area contributed by atoms with Gasteiger partial charge in [0.15, 0.2) is 3.95 Å². The number of rotatable bonds is 5. The first-order valence-corrected chi connectivity index (χ1v) is 9.22. The Kier molecular flexibility index (Phi) is 5.39. The van der Waals surface area contributed by atoms with Crippen LogP contribution in [-0.4, -0.2) is 17.6 Å². The number of methoxy groups -OCH3 is 1. The van der Waals surface area contributed by atoms with E-state index in [0.29, 0.717) is 21.2 Å². The summed E-state index contributed by atoms with van der Waals surface area (Å²) in [5.74, 6) is 0.822. The molecule has 2 aromatic carbocycles. The normalized spacial score (nSPS) is 10.5. The van der Waals surface area contributed by atoms with Crippen molar-refractivity contribution in [3.8, 4) is 11.4 Å². The van der Waals surface area contributed by atoms with Gasteiger partial charge in [0.05, 0.1) is 7.11 Å². The number of ether oxygens (including phenoxy) is 1. The van der Waals surface area contributed by atoms with E-state index in [0.717, 1.165) is 22.6 Å². The average Bonchev–Trinajstić information content (AvgIpc) is 2.95. The van der Waals surface area contributed by atoms with Crippen molar-refractivity contribution in [3.63, 3.8) is 0 Å². The van der Waals surface area contributed by atoms with E-state index in [2.05, 4.69) is 5.32 Å². The quantitative estimate of drug-likeness (QED) is 0.649. The van der Waals surface area contributed by atoms with Crippen molar-refractivity contribution in [2.75, 3.05) is 12.8 Å². The molecule has 0 radical (unpaired) electrons. The first-order valence-electron chi connectivity index (χ1n) is 7.99. The fourth-order valence-electron chi connectivity index (χ4n) is 2.59. The van der Waals surface area contributed by atoms with Crippen LogP contribution in [0.1, 0.15) is 20.8 Å². The highest BCUT2D eigenvalue weighted by Gasteiger charge is 2.18. The highest BCUT2D eigenvalue weighted by Crippen LogP contribution is 2.26. The van der Waals surface area contributed by atoms with Gasteiger partial charge in [0.1, 0.15) is 16.4 Å². The van der Waals surface area contributed by atoms with E-state index in [1.807, 2.05) is 55.5 Å². The van der Waals surface area contributed by atoms with Crippen LogP contribution < -0.4 is 15.8 Å². The Balaban J connectivity index is 1.83. The number of carbonyl (C=O) groups excluding carboxylic acids is 1. The molecule has 26 heavy (non-hydrogen) atoms. The third-order valence-corrected chi connectivity index (χ3v) is 5.36. The molecule has 3 N–H and O–H groups in total. The smallest absolute Gasteiger partial charge is 0.265 e. The average molecular weight is 386 g/mol. The number of nitrogens with one attached hydrogen (secondary N) is 1. The molecule has 1 aromatic heterocycles. The largest absolute Gasteiger partial charge is 0.496 e. The number of anilines is 1. The van der Waals surface area contributed by atoms with Gasteiger partial charge in [-0.15, -0.1) is 0 Å². The second-order valence-electron chi connectivity index (χ2n) is 5.75. The maximum atomic E-state index is 12.6. The van der Waals surface area contributed by atoms with Crippen LogP contribution in [0.3, 0.4) is 0 Å². The third kappa shape index (κ3) is 3.63. The van der Waals surface area contributed by atoms with Gasteiger partial charge >= 0.3 is 0 Å². The van der Waals surface area contributed by atoms with Gasteiger partial charge in [-0.1, -0.05) is 47.2 Å². The van der Waals surface area contributed by atoms with Gasteiger partial charge in [0.2, 0.25) is 0 Å². The number of aryl methyl sites for hydroxylation is 1. The van der Waals surface area contributed by atoms with Gasteiger partial charge in [-0.2, -0.15) is 0 Å². The number of hydrogen-bond donors (Lipinski definition) is 2. The molecule has 0 bridgehead atoms. The van der Waals surface area contributed by atoms with E-state index < -0.39 is 0 Å². The molecule has 5 nitrogen and oxygen atoms in total. The standard InChI is InChI=1S/C19H19N3O2S2/c1-12-7-9-14(10-8-12)22-17(20)16(26-19(22)25)18(23)21-11-13-5-3-4-6-15(13)24-2/h3-10H,11,20H2,1-2H3,(H,21,23). The number of nitrogens with zero attached hydrogens (tertiary/aromatic N) is 1. The van der Waals surface area contributed by atoms with Crippen molar-refractivity contribution < 1.29 is 9.53 Å². The zero-order valence-corrected chi connectivity index (χ0v) is 16.1. The minimum Gasteiger partial charge on any atom is -0.496 e. The maximum Gasteiger partial charge on any atom is 0.265 e. The van der Waals surface area contributed by atoms with Crippen molar-refractivity contribution in [3.05, 3.63) is 68.5 Å². The number of carbonyl (C=O) groups is 1. The molecule has 0 aliphatic carbocycles. The van der Waals surface area contributed by atoms with Crippen LogP contribution >= 0.6 is 23.6 Å². The monoisotopic (exact) mass is 385 g/mol. The molecule has 1 amide bonds. The summed E-state index contributed by atoms with van der Waals surface area (Å²) in [5, 5.41) is 2.88. The van der Waals surface area contributed by atoms with Crippen LogP contribution in [0.5, 0.6) is 5.75 Å². The zero-order chi connectivity index (χ0) is 18.7. The molecule has 1 heterocycles. The molecule has 134 valence electrons. The summed E-state index contributed by atoms with van der Waals surface area (Å²) in [6.07, 6.45) is 0. The number of thiazole rings is 1. The molecule has 3 aromatic rings. The fraction of sp³-hybridized carbons (Fsp3) is 0.158. The van der Waals surface area contributed by atoms with Crippen LogP contribution in [0, 0.1) is 10.9 Å². The van der Waals surface area contributed by atoms with Gasteiger partial charge in [0.25, 0.3) is 5.91 Å². The van der Waals surface area contributed by atoms with Gasteiger partial charge < -0.3 is 15.8 Å². The van der Waals surface area contributed by atoms with Gasteiger partial charge in [-0.25, -0.2) is 0 Å². The summed E-state index contributed by atoms with van der Waals surface area (Å²) in [5.41, 5.74) is 9.10. The van der Waals surface area contributed by atoms with Crippen LogP contribution in [0.25, 0.3) is 5.69 Å². The number of para-hydroxylation sites is 1. The number of nitrogens with two attached hydrogens (primary N) is 1. The lowest BCUT2D eigenvalue weighted by molar-refractivity contribution is 0.0955. The van der Waals surface area contributed by atoms with Gasteiger partial charge in [-0.05, 0) is 37.3 Å². The minimum absolute atomic E-state index is 0.254. The van der Waals surface area contributed by atoms with E-state index in [1.54, 1.807) is 11.7 Å². The van der Waals surface area contributed by atoms with E-state index >= 15 is 0 Å². The number of aromatic nitrogens is 1. The zero-order valence-electron chi connectivity index (χ0n) is 14.5. The molecule has 0 atom stereocenters. The Labute approximate surface area is 161 Å². The van der Waals surface area contributed by atoms with Gasteiger partial charge in [-0.3, -0.25) is 9.36 Å². The number of amides is 1. The molecule has 7 heteroatoms. The summed E-state index contributed by atoms with van der Waals surface area (Å²) in [4.78, 5) is 13.0. The van der Waals surface area contributed by atoms with E-state index in [1.165, 1.54) is 11.3 Å². The predicted molar refractivity (Wildman–Crippen MR) is 108 cm³/mol. The molecule has 0 aliphatic heterocycles. The van der Waals surface area contributed by atoms with E-state index in [-0.39, 0.29) is 5.91 Å². The maximum absolute atomic E-state index is 12.6. The SMILES string of the molecule is COc1ccccc1CNC(=O)c1sc(=S)n(-c2ccc(C)cc2)c1N. The van der Waals surface area contributed by atoms with Gasteiger partial charge in [0, 0.05) is 17.8 Å². The molecule has 0 aliphatic rings. The number of benzene rings is 2. The Bertz CT molecular complexity index is 991. The topological polar surface area (TPSA) is 69.3 Å². The van der Waals surface area contributed by atoms with Crippen LogP contribution in [-0.2, 0) is 6.54 Å². The molecule has 0 spiro atoms. The van der Waals surface area contributed by atoms with Crippen LogP contribution in [0.15, 0.2) is 48.5 Å². The van der Waals surface area contributed by atoms with Crippen LogP contribution in [0.4, 0.5) is 5.82 Å². The molecular weight excluding hydrogens is 366 g/mol. The van der Waals surface area contributed by atoms with Crippen molar-refractivity contribution in [1.82, 2.24) is 9.88 Å². The Morgan fingerprint density at radius 3 is 2.62 bits per heavy atom. The highest BCUT2D eigenvalue weighted by atomic mass is 32.1. The molecule has 0 saturated carbocycles. The van der Waals surface area contributed by atoms with E-state index in [4.69, 9.17) is 22.7 Å². The van der Waals surface area contributed by atoms with E-state index in [9.17, 15) is 4.79 Å². The summed E-state index contributed by atoms with van der Waals surface area (Å²) >= 11 is 6.62. The predicted octanol–water partition coefficient (Wildman–Crippen LogP) is 4.10. The Morgan fingerprint density at radius 1 is 1.23 bits per heavy atom. The fourth-order valence-corrected chi connectivity index (χ4v) is 3.88. The first kappa shape index (κ1) is 18.2. The Hall–Kier alpha value is -2.64. The second-order valence-corrected chi connectivity index (χ2v) is 7.39. The lowest BCUT2D eigenvalue weighted by atomic mass is 10.2. The molecule has 0 fully saturated rings. The molecule has 0 unspecified atom stereocenters. The first-order chi connectivity index (χ1) is 12.5. The number of nitrogen functional groups attached to an aromatic ring is 1. The number of hydrogen-bond acceptors (Lipinski definition) is 5. The third-order valence-electron chi connectivity index (χ3n) is 3.98. The second kappa shape index (κ2) is 7.72. The molecule has 0 saturated heterocycles. The van der Waals surface area contributed by atoms with Crippen LogP contribution in [0.2, 0.25) is 0 Å². The lowest BCUT2D eigenvalue weighted by Crippen LogP contribution is -2.23.